The van der Waals surface area contributed by atoms with Crippen LogP contribution in [0.2, 0.25) is 0 Å². The van der Waals surface area contributed by atoms with Crippen molar-refractivity contribution in [2.45, 2.75) is 24.2 Å². The van der Waals surface area contributed by atoms with Crippen molar-refractivity contribution < 1.29 is 14.6 Å². The van der Waals surface area contributed by atoms with Crippen LogP contribution < -0.4 is 0 Å². The van der Waals surface area contributed by atoms with Gasteiger partial charge in [0, 0.05) is 5.57 Å². The molecule has 0 saturated carbocycles. The summed E-state index contributed by atoms with van der Waals surface area (Å²) in [5.74, 6) is -0.235. The maximum atomic E-state index is 11.2. The van der Waals surface area contributed by atoms with Crippen LogP contribution in [0.25, 0.3) is 0 Å². The van der Waals surface area contributed by atoms with Crippen LogP contribution in [0.4, 0.5) is 0 Å². The SMILES string of the molecule is C=C(C)C(=O)OC(C)Sc1ccccc1O. The number of thioether (sulfide) groups is 1. The summed E-state index contributed by atoms with van der Waals surface area (Å²) < 4.78 is 5.08. The highest BCUT2D eigenvalue weighted by molar-refractivity contribution is 7.99. The number of carbonyl (C=O) groups excluding carboxylic acids is 1. The van der Waals surface area contributed by atoms with Crippen molar-refractivity contribution in [1.82, 2.24) is 0 Å². The molecule has 0 bridgehead atoms. The lowest BCUT2D eigenvalue weighted by atomic mass is 10.3. The Kier molecular flexibility index (Phi) is 4.43. The van der Waals surface area contributed by atoms with Crippen molar-refractivity contribution in [3.8, 4) is 5.75 Å². The van der Waals surface area contributed by atoms with Crippen molar-refractivity contribution in [3.63, 3.8) is 0 Å². The summed E-state index contributed by atoms with van der Waals surface area (Å²) in [6.07, 6.45) is 0. The Labute approximate surface area is 99.1 Å². The number of rotatable bonds is 4. The number of phenols is 1. The molecular weight excluding hydrogens is 224 g/mol. The fourth-order valence-corrected chi connectivity index (χ4v) is 1.85. The van der Waals surface area contributed by atoms with Crippen LogP contribution in [0.5, 0.6) is 5.75 Å². The van der Waals surface area contributed by atoms with Gasteiger partial charge < -0.3 is 9.84 Å². The van der Waals surface area contributed by atoms with E-state index in [1.165, 1.54) is 11.8 Å². The van der Waals surface area contributed by atoms with Gasteiger partial charge in [0.2, 0.25) is 0 Å². The zero-order valence-corrected chi connectivity index (χ0v) is 10.1. The molecule has 1 N–H and O–H groups in total. The minimum Gasteiger partial charge on any atom is -0.507 e. The fourth-order valence-electron chi connectivity index (χ4n) is 1.01. The van der Waals surface area contributed by atoms with Gasteiger partial charge in [-0.3, -0.25) is 0 Å². The Hall–Kier alpha value is -1.42. The van der Waals surface area contributed by atoms with Gasteiger partial charge in [-0.05, 0) is 26.0 Å². The molecule has 0 spiro atoms. The number of carbonyl (C=O) groups is 1. The first-order valence-corrected chi connectivity index (χ1v) is 5.70. The van der Waals surface area contributed by atoms with E-state index in [1.54, 1.807) is 32.0 Å². The number of aromatic hydroxyl groups is 1. The minimum atomic E-state index is -0.421. The summed E-state index contributed by atoms with van der Waals surface area (Å²) in [5.41, 5.74) is 0.00207. The molecule has 1 atom stereocenters. The van der Waals surface area contributed by atoms with Crippen molar-refractivity contribution in [2.24, 2.45) is 0 Å². The number of benzene rings is 1. The second kappa shape index (κ2) is 5.61. The average molecular weight is 238 g/mol. The molecule has 0 amide bonds. The highest BCUT2D eigenvalue weighted by atomic mass is 32.2. The molecule has 0 aliphatic rings. The number of hydrogen-bond donors (Lipinski definition) is 1. The first kappa shape index (κ1) is 12.6. The molecule has 0 aromatic heterocycles. The summed E-state index contributed by atoms with van der Waals surface area (Å²) in [7, 11) is 0. The molecule has 86 valence electrons. The van der Waals surface area contributed by atoms with Crippen LogP contribution in [0, 0.1) is 0 Å². The lowest BCUT2D eigenvalue weighted by molar-refractivity contribution is -0.139. The molecule has 0 heterocycles. The molecule has 1 unspecified atom stereocenters. The van der Waals surface area contributed by atoms with Crippen molar-refractivity contribution >= 4 is 17.7 Å². The molecule has 0 radical (unpaired) electrons. The number of ether oxygens (including phenoxy) is 1. The molecule has 0 aliphatic heterocycles. The van der Waals surface area contributed by atoms with Gasteiger partial charge >= 0.3 is 5.97 Å². The quantitative estimate of drug-likeness (QED) is 0.379. The Morgan fingerprint density at radius 1 is 1.50 bits per heavy atom. The Morgan fingerprint density at radius 3 is 2.69 bits per heavy atom. The van der Waals surface area contributed by atoms with E-state index < -0.39 is 5.97 Å². The summed E-state index contributed by atoms with van der Waals surface area (Å²) in [5, 5.41) is 9.52. The topological polar surface area (TPSA) is 46.5 Å². The van der Waals surface area contributed by atoms with Crippen LogP contribution >= 0.6 is 11.8 Å². The van der Waals surface area contributed by atoms with Crippen LogP contribution in [-0.4, -0.2) is 16.5 Å². The molecule has 1 aromatic carbocycles. The van der Waals surface area contributed by atoms with Gasteiger partial charge in [0.05, 0.1) is 4.90 Å². The normalized spacial score (nSPS) is 11.9. The summed E-state index contributed by atoms with van der Waals surface area (Å²) in [6, 6.07) is 6.92. The smallest absolute Gasteiger partial charge is 0.334 e. The lowest BCUT2D eigenvalue weighted by Crippen LogP contribution is -2.11. The Bertz CT molecular complexity index is 401. The highest BCUT2D eigenvalue weighted by Crippen LogP contribution is 2.31. The van der Waals surface area contributed by atoms with E-state index in [0.717, 1.165) is 0 Å². The van der Waals surface area contributed by atoms with E-state index in [2.05, 4.69) is 6.58 Å². The molecular formula is C12H14O3S. The summed E-state index contributed by atoms with van der Waals surface area (Å²) in [4.78, 5) is 11.9. The van der Waals surface area contributed by atoms with Crippen LogP contribution in [0.15, 0.2) is 41.3 Å². The maximum absolute atomic E-state index is 11.2. The van der Waals surface area contributed by atoms with E-state index in [4.69, 9.17) is 4.74 Å². The zero-order valence-electron chi connectivity index (χ0n) is 9.27. The second-order valence-corrected chi connectivity index (χ2v) is 4.68. The third-order valence-corrected chi connectivity index (χ3v) is 2.81. The summed E-state index contributed by atoms with van der Waals surface area (Å²) in [6.45, 7) is 6.84. The van der Waals surface area contributed by atoms with E-state index >= 15 is 0 Å². The molecule has 4 heteroatoms. The van der Waals surface area contributed by atoms with Crippen LogP contribution in [-0.2, 0) is 9.53 Å². The molecule has 0 fully saturated rings. The summed E-state index contributed by atoms with van der Waals surface area (Å²) >= 11 is 1.28. The predicted octanol–water partition coefficient (Wildman–Crippen LogP) is 2.95. The molecule has 0 saturated heterocycles. The fraction of sp³-hybridized carbons (Fsp3) is 0.250. The van der Waals surface area contributed by atoms with Gasteiger partial charge in [0.15, 0.2) is 0 Å². The maximum Gasteiger partial charge on any atom is 0.334 e. The van der Waals surface area contributed by atoms with Gasteiger partial charge in [-0.25, -0.2) is 4.79 Å². The van der Waals surface area contributed by atoms with E-state index in [1.807, 2.05) is 6.07 Å². The third-order valence-electron chi connectivity index (χ3n) is 1.78. The number of para-hydroxylation sites is 1. The monoisotopic (exact) mass is 238 g/mol. The van der Waals surface area contributed by atoms with Gasteiger partial charge in [-0.15, -0.1) is 0 Å². The predicted molar refractivity (Wildman–Crippen MR) is 64.3 cm³/mol. The van der Waals surface area contributed by atoms with Crippen LogP contribution in [0.1, 0.15) is 13.8 Å². The van der Waals surface area contributed by atoms with Crippen LogP contribution in [0.3, 0.4) is 0 Å². The number of hydrogen-bond acceptors (Lipinski definition) is 4. The average Bonchev–Trinajstić information content (AvgIpc) is 2.21. The van der Waals surface area contributed by atoms with Crippen molar-refractivity contribution in [1.29, 1.82) is 0 Å². The van der Waals surface area contributed by atoms with Crippen molar-refractivity contribution in [2.75, 3.05) is 0 Å². The number of esters is 1. The van der Waals surface area contributed by atoms with Gasteiger partial charge in [-0.1, -0.05) is 30.5 Å². The van der Waals surface area contributed by atoms with E-state index in [0.29, 0.717) is 10.5 Å². The zero-order chi connectivity index (χ0) is 12.1. The number of phenolic OH excluding ortho intramolecular Hbond substituents is 1. The van der Waals surface area contributed by atoms with Gasteiger partial charge in [-0.2, -0.15) is 0 Å². The minimum absolute atomic E-state index is 0.186. The highest BCUT2D eigenvalue weighted by Gasteiger charge is 2.12. The van der Waals surface area contributed by atoms with Gasteiger partial charge in [0.25, 0.3) is 0 Å². The first-order chi connectivity index (χ1) is 7.50. The van der Waals surface area contributed by atoms with Crippen molar-refractivity contribution in [3.05, 3.63) is 36.4 Å². The second-order valence-electron chi connectivity index (χ2n) is 3.34. The first-order valence-electron chi connectivity index (χ1n) is 4.82. The Morgan fingerprint density at radius 2 is 2.12 bits per heavy atom. The standard InChI is InChI=1S/C12H14O3S/c1-8(2)12(14)15-9(3)16-11-7-5-4-6-10(11)13/h4-7,9,13H,1H2,2-3H3. The molecule has 3 nitrogen and oxygen atoms in total. The molecule has 16 heavy (non-hydrogen) atoms. The Balaban J connectivity index is 2.58. The largest absolute Gasteiger partial charge is 0.507 e. The molecule has 1 aromatic rings. The molecule has 0 aliphatic carbocycles. The lowest BCUT2D eigenvalue weighted by Gasteiger charge is -2.13. The molecule has 1 rings (SSSR count). The van der Waals surface area contributed by atoms with E-state index in [9.17, 15) is 9.90 Å². The third kappa shape index (κ3) is 3.62. The van der Waals surface area contributed by atoms with E-state index in [-0.39, 0.29) is 11.2 Å². The van der Waals surface area contributed by atoms with Gasteiger partial charge in [0.1, 0.15) is 11.2 Å².